The molecule has 15 heteroatoms. The first-order valence-corrected chi connectivity index (χ1v) is 13.6. The summed E-state index contributed by atoms with van der Waals surface area (Å²) in [6.45, 7) is 8.00. The largest absolute Gasteiger partial charge is 0.443 e. The zero-order chi connectivity index (χ0) is 29.4. The normalized spacial score (nSPS) is 17.5. The van der Waals surface area contributed by atoms with E-state index in [0.717, 1.165) is 27.2 Å². The fraction of sp³-hybridized carbons (Fsp3) is 0.458. The lowest BCUT2D eigenvalue weighted by atomic mass is 10.0. The lowest BCUT2D eigenvalue weighted by molar-refractivity contribution is 0.0339. The van der Waals surface area contributed by atoms with Crippen LogP contribution < -0.4 is 9.62 Å². The van der Waals surface area contributed by atoms with Crippen molar-refractivity contribution in [1.29, 1.82) is 0 Å². The van der Waals surface area contributed by atoms with Gasteiger partial charge in [0.05, 0.1) is 18.2 Å². The molecule has 1 unspecified atom stereocenters. The minimum atomic E-state index is -4.64. The summed E-state index contributed by atoms with van der Waals surface area (Å²) in [6, 6.07) is 1.75. The van der Waals surface area contributed by atoms with Gasteiger partial charge in [0.15, 0.2) is 5.82 Å². The average Bonchev–Trinajstić information content (AvgIpc) is 2.99. The number of halogens is 4. The quantitative estimate of drug-likeness (QED) is 0.473. The van der Waals surface area contributed by atoms with E-state index in [1.54, 1.807) is 40.7 Å². The highest BCUT2D eigenvalue weighted by atomic mass is 35.5. The fourth-order valence-electron chi connectivity index (χ4n) is 3.81. The van der Waals surface area contributed by atoms with Gasteiger partial charge in [-0.15, -0.1) is 0 Å². The summed E-state index contributed by atoms with van der Waals surface area (Å²) in [5.74, 6) is -2.73. The minimum Gasteiger partial charge on any atom is -0.443 e. The molecule has 0 saturated carbocycles. The molecule has 10 nitrogen and oxygen atoms in total. The number of hydrogen-bond acceptors (Lipinski definition) is 6. The molecule has 3 rings (SSSR count). The highest BCUT2D eigenvalue weighted by Crippen LogP contribution is 2.35. The summed E-state index contributed by atoms with van der Waals surface area (Å²) in [5.41, 5.74) is -2.35. The molecular formula is C24H29ClF3N5O5S. The SMILES string of the molecule is CC(C)C1C=CCN(c2nn(C)c(C(=O)Nc3ccc(F)c(C(F)F)c3)c2Cl)S(=O)(=O)N1C(=O)OC(C)(C)C. The summed E-state index contributed by atoms with van der Waals surface area (Å²) in [7, 11) is -3.32. The van der Waals surface area contributed by atoms with E-state index >= 15 is 0 Å². The Kier molecular flexibility index (Phi) is 8.60. The van der Waals surface area contributed by atoms with Crippen molar-refractivity contribution in [2.75, 3.05) is 16.2 Å². The summed E-state index contributed by atoms with van der Waals surface area (Å²) in [4.78, 5) is 26.1. The summed E-state index contributed by atoms with van der Waals surface area (Å²) >= 11 is 6.46. The standard InChI is InChI=1S/C24H29ClF3N5O5S/c1-13(2)17-8-7-11-32(39(36,37)33(17)23(35)38-24(3,4)5)21-18(25)19(31(6)30-21)22(34)29-14-9-10-16(26)15(12-14)20(27)28/h7-10,12-13,17,20H,11H2,1-6H3,(H,29,34). The van der Waals surface area contributed by atoms with Gasteiger partial charge in [-0.05, 0) is 44.9 Å². The number of anilines is 2. The second-order valence-electron chi connectivity index (χ2n) is 10.1. The number of alkyl halides is 2. The van der Waals surface area contributed by atoms with Crippen LogP contribution in [0.5, 0.6) is 0 Å². The van der Waals surface area contributed by atoms with Gasteiger partial charge in [-0.1, -0.05) is 37.6 Å². The van der Waals surface area contributed by atoms with Crippen molar-refractivity contribution in [3.63, 3.8) is 0 Å². The van der Waals surface area contributed by atoms with E-state index in [-0.39, 0.29) is 34.7 Å². The lowest BCUT2D eigenvalue weighted by Gasteiger charge is -2.34. The maximum atomic E-state index is 13.8. The number of aromatic nitrogens is 2. The van der Waals surface area contributed by atoms with Crippen molar-refractivity contribution < 1.29 is 35.9 Å². The zero-order valence-electron chi connectivity index (χ0n) is 22.1. The Bertz CT molecular complexity index is 1410. The van der Waals surface area contributed by atoms with Gasteiger partial charge >= 0.3 is 16.3 Å². The summed E-state index contributed by atoms with van der Waals surface area (Å²) in [6.07, 6.45) is -1.13. The zero-order valence-corrected chi connectivity index (χ0v) is 23.6. The van der Waals surface area contributed by atoms with E-state index in [9.17, 15) is 31.2 Å². The van der Waals surface area contributed by atoms with Crippen LogP contribution in [0, 0.1) is 11.7 Å². The van der Waals surface area contributed by atoms with Crippen molar-refractivity contribution in [3.8, 4) is 0 Å². The van der Waals surface area contributed by atoms with Gasteiger partial charge in [-0.3, -0.25) is 9.48 Å². The number of hydrogen-bond donors (Lipinski definition) is 1. The van der Waals surface area contributed by atoms with Crippen LogP contribution in [0.4, 0.5) is 29.5 Å². The van der Waals surface area contributed by atoms with E-state index in [1.807, 2.05) is 0 Å². The highest BCUT2D eigenvalue weighted by Gasteiger charge is 2.44. The molecule has 0 aliphatic carbocycles. The Balaban J connectivity index is 2.03. The first kappa shape index (κ1) is 30.3. The van der Waals surface area contributed by atoms with Crippen LogP contribution in [0.2, 0.25) is 5.02 Å². The van der Waals surface area contributed by atoms with E-state index in [4.69, 9.17) is 16.3 Å². The first-order valence-electron chi connectivity index (χ1n) is 11.8. The molecule has 39 heavy (non-hydrogen) atoms. The number of carbonyl (C=O) groups is 2. The minimum absolute atomic E-state index is 0.142. The van der Waals surface area contributed by atoms with E-state index in [1.165, 1.54) is 13.1 Å². The number of aryl methyl sites for hydroxylation is 1. The van der Waals surface area contributed by atoms with Gasteiger partial charge in [0.1, 0.15) is 22.1 Å². The average molecular weight is 592 g/mol. The van der Waals surface area contributed by atoms with Gasteiger partial charge in [0.25, 0.3) is 12.3 Å². The van der Waals surface area contributed by atoms with Gasteiger partial charge in [0, 0.05) is 12.7 Å². The number of nitrogens with one attached hydrogen (secondary N) is 1. The van der Waals surface area contributed by atoms with Crippen molar-refractivity contribution in [2.24, 2.45) is 13.0 Å². The topological polar surface area (TPSA) is 114 Å². The van der Waals surface area contributed by atoms with Crippen LogP contribution >= 0.6 is 11.6 Å². The molecule has 2 aromatic rings. The Morgan fingerprint density at radius 1 is 1.23 bits per heavy atom. The number of rotatable bonds is 5. The third-order valence-corrected chi connectivity index (χ3v) is 7.69. The molecule has 1 aromatic heterocycles. The molecule has 2 amide bonds. The van der Waals surface area contributed by atoms with Crippen LogP contribution in [0.25, 0.3) is 0 Å². The molecule has 2 heterocycles. The third kappa shape index (κ3) is 6.32. The molecule has 0 bridgehead atoms. The van der Waals surface area contributed by atoms with Crippen molar-refractivity contribution >= 4 is 45.3 Å². The van der Waals surface area contributed by atoms with Crippen LogP contribution in [0.3, 0.4) is 0 Å². The number of carbonyl (C=O) groups excluding carboxylic acids is 2. The van der Waals surface area contributed by atoms with Crippen LogP contribution in [-0.4, -0.2) is 52.7 Å². The Morgan fingerprint density at radius 3 is 2.44 bits per heavy atom. The van der Waals surface area contributed by atoms with Gasteiger partial charge < -0.3 is 10.1 Å². The molecule has 1 N–H and O–H groups in total. The maximum Gasteiger partial charge on any atom is 0.426 e. The molecular weight excluding hydrogens is 563 g/mol. The molecule has 1 atom stereocenters. The van der Waals surface area contributed by atoms with Crippen molar-refractivity contribution in [2.45, 2.75) is 52.7 Å². The van der Waals surface area contributed by atoms with Gasteiger partial charge in [-0.2, -0.15) is 17.8 Å². The number of benzene rings is 1. The summed E-state index contributed by atoms with van der Waals surface area (Å²) in [5, 5.41) is 6.07. The number of amides is 2. The summed E-state index contributed by atoms with van der Waals surface area (Å²) < 4.78 is 75.2. The van der Waals surface area contributed by atoms with Gasteiger partial charge in [0.2, 0.25) is 0 Å². The highest BCUT2D eigenvalue weighted by molar-refractivity contribution is 7.91. The van der Waals surface area contributed by atoms with Crippen molar-refractivity contribution in [1.82, 2.24) is 14.1 Å². The molecule has 0 radical (unpaired) electrons. The molecule has 0 fully saturated rings. The molecule has 1 aliphatic heterocycles. The smallest absolute Gasteiger partial charge is 0.426 e. The molecule has 0 saturated heterocycles. The van der Waals surface area contributed by atoms with Crippen LogP contribution in [0.1, 0.15) is 57.1 Å². The van der Waals surface area contributed by atoms with Gasteiger partial charge in [-0.25, -0.2) is 22.3 Å². The number of nitrogens with zero attached hydrogens (tertiary/aromatic N) is 4. The van der Waals surface area contributed by atoms with E-state index in [2.05, 4.69) is 10.4 Å². The monoisotopic (exact) mass is 591 g/mol. The van der Waals surface area contributed by atoms with Crippen LogP contribution in [0.15, 0.2) is 30.4 Å². The second kappa shape index (κ2) is 11.1. The van der Waals surface area contributed by atoms with E-state index < -0.39 is 51.7 Å². The van der Waals surface area contributed by atoms with Crippen LogP contribution in [-0.2, 0) is 22.0 Å². The maximum absolute atomic E-state index is 13.8. The number of ether oxygens (including phenoxy) is 1. The Hall–Kier alpha value is -3.26. The lowest BCUT2D eigenvalue weighted by Crippen LogP contribution is -2.53. The Morgan fingerprint density at radius 2 is 1.87 bits per heavy atom. The Labute approximate surface area is 229 Å². The predicted octanol–water partition coefficient (Wildman–Crippen LogP) is 5.29. The van der Waals surface area contributed by atoms with Crippen molar-refractivity contribution in [3.05, 3.63) is 52.4 Å². The molecule has 0 spiro atoms. The second-order valence-corrected chi connectivity index (χ2v) is 12.2. The van der Waals surface area contributed by atoms with E-state index in [0.29, 0.717) is 4.31 Å². The molecule has 214 valence electrons. The molecule has 1 aromatic carbocycles. The predicted molar refractivity (Wildman–Crippen MR) is 140 cm³/mol. The third-order valence-electron chi connectivity index (χ3n) is 5.57. The fourth-order valence-corrected chi connectivity index (χ4v) is 5.89. The first-order chi connectivity index (χ1) is 18.0. The molecule has 1 aliphatic rings.